The van der Waals surface area contributed by atoms with Crippen LogP contribution in [-0.4, -0.2) is 15.6 Å². The van der Waals surface area contributed by atoms with Gasteiger partial charge in [0, 0.05) is 23.6 Å². The van der Waals surface area contributed by atoms with Gasteiger partial charge in [-0.25, -0.2) is 9.18 Å². The van der Waals surface area contributed by atoms with Gasteiger partial charge >= 0.3 is 5.97 Å². The Morgan fingerprint density at radius 3 is 2.71 bits per heavy atom. The molecule has 3 rings (SSSR count). The van der Waals surface area contributed by atoms with E-state index in [2.05, 4.69) is 15.9 Å². The van der Waals surface area contributed by atoms with E-state index in [4.69, 9.17) is 0 Å². The average Bonchev–Trinajstić information content (AvgIpc) is 2.83. The highest BCUT2D eigenvalue weighted by atomic mass is 79.9. The fourth-order valence-corrected chi connectivity index (χ4v) is 2.79. The third kappa shape index (κ3) is 2.45. The molecule has 0 aliphatic heterocycles. The maximum atomic E-state index is 13.6. The highest BCUT2D eigenvalue weighted by Gasteiger charge is 2.14. The fraction of sp³-hybridized carbons (Fsp3) is 0.0625. The van der Waals surface area contributed by atoms with E-state index in [0.29, 0.717) is 16.4 Å². The zero-order valence-corrected chi connectivity index (χ0v) is 12.5. The number of fused-ring (bicyclic) bond motifs is 1. The first-order chi connectivity index (χ1) is 10.1. The average molecular weight is 348 g/mol. The van der Waals surface area contributed by atoms with Gasteiger partial charge in [-0.15, -0.1) is 0 Å². The van der Waals surface area contributed by atoms with E-state index in [9.17, 15) is 14.3 Å². The van der Waals surface area contributed by atoms with Gasteiger partial charge in [0.05, 0.1) is 10.0 Å². The fourth-order valence-electron chi connectivity index (χ4n) is 2.40. The second kappa shape index (κ2) is 5.33. The van der Waals surface area contributed by atoms with Crippen LogP contribution in [0.3, 0.4) is 0 Å². The van der Waals surface area contributed by atoms with E-state index < -0.39 is 5.97 Å². The Kier molecular flexibility index (Phi) is 3.51. The lowest BCUT2D eigenvalue weighted by Crippen LogP contribution is -2.00. The molecule has 5 heteroatoms. The second-order valence-electron chi connectivity index (χ2n) is 4.71. The van der Waals surface area contributed by atoms with Crippen LogP contribution in [0.15, 0.2) is 53.1 Å². The zero-order chi connectivity index (χ0) is 15.0. The van der Waals surface area contributed by atoms with Crippen molar-refractivity contribution in [3.63, 3.8) is 0 Å². The normalized spacial score (nSPS) is 11.0. The number of aromatic carboxylic acids is 1. The minimum atomic E-state index is -0.969. The SMILES string of the molecule is O=C(O)c1cn(Cc2cccc(F)c2Br)c2ccccc12. The summed E-state index contributed by atoms with van der Waals surface area (Å²) in [6, 6.07) is 12.1. The molecule has 106 valence electrons. The molecule has 0 spiro atoms. The van der Waals surface area contributed by atoms with Gasteiger partial charge in [0.15, 0.2) is 0 Å². The van der Waals surface area contributed by atoms with E-state index in [1.165, 1.54) is 6.07 Å². The van der Waals surface area contributed by atoms with Crippen molar-refractivity contribution >= 4 is 32.8 Å². The first kappa shape index (κ1) is 13.8. The zero-order valence-electron chi connectivity index (χ0n) is 10.9. The lowest BCUT2D eigenvalue weighted by molar-refractivity contribution is 0.0699. The number of nitrogens with zero attached hydrogens (tertiary/aromatic N) is 1. The van der Waals surface area contributed by atoms with Crippen LogP contribution in [0.25, 0.3) is 10.9 Å². The van der Waals surface area contributed by atoms with E-state index in [-0.39, 0.29) is 11.4 Å². The Morgan fingerprint density at radius 1 is 1.19 bits per heavy atom. The molecule has 1 heterocycles. The molecule has 1 aromatic heterocycles. The van der Waals surface area contributed by atoms with Crippen LogP contribution in [0, 0.1) is 5.82 Å². The first-order valence-corrected chi connectivity index (χ1v) is 7.11. The minimum absolute atomic E-state index is 0.248. The molecular formula is C16H11BrFNO2. The van der Waals surface area contributed by atoms with Gasteiger partial charge in [-0.2, -0.15) is 0 Å². The summed E-state index contributed by atoms with van der Waals surface area (Å²) < 4.78 is 15.8. The Labute approximate surface area is 128 Å². The van der Waals surface area contributed by atoms with Crippen LogP contribution in [0.5, 0.6) is 0 Å². The summed E-state index contributed by atoms with van der Waals surface area (Å²) in [5.74, 6) is -1.30. The molecule has 0 unspecified atom stereocenters. The molecule has 3 nitrogen and oxygen atoms in total. The Morgan fingerprint density at radius 2 is 1.95 bits per heavy atom. The van der Waals surface area contributed by atoms with Gasteiger partial charge in [-0.05, 0) is 33.6 Å². The number of benzene rings is 2. The number of halogens is 2. The lowest BCUT2D eigenvalue weighted by atomic mass is 10.2. The smallest absolute Gasteiger partial charge is 0.337 e. The Bertz CT molecular complexity index is 841. The van der Waals surface area contributed by atoms with Gasteiger partial charge in [-0.1, -0.05) is 30.3 Å². The second-order valence-corrected chi connectivity index (χ2v) is 5.50. The predicted octanol–water partition coefficient (Wildman–Crippen LogP) is 4.29. The van der Waals surface area contributed by atoms with Crippen LogP contribution in [-0.2, 0) is 6.54 Å². The number of carboxylic acid groups (broad SMARTS) is 1. The maximum Gasteiger partial charge on any atom is 0.337 e. The molecule has 21 heavy (non-hydrogen) atoms. The van der Waals surface area contributed by atoms with Crippen molar-refractivity contribution in [1.82, 2.24) is 4.57 Å². The summed E-state index contributed by atoms with van der Waals surface area (Å²) in [6.07, 6.45) is 1.59. The van der Waals surface area contributed by atoms with Crippen LogP contribution in [0.4, 0.5) is 4.39 Å². The van der Waals surface area contributed by atoms with Gasteiger partial charge in [0.1, 0.15) is 5.82 Å². The standard InChI is InChI=1S/C16H11BrFNO2/c17-15-10(4-3-6-13(15)18)8-19-9-12(16(20)21)11-5-1-2-7-14(11)19/h1-7,9H,8H2,(H,20,21). The van der Waals surface area contributed by atoms with Gasteiger partial charge in [0.25, 0.3) is 0 Å². The van der Waals surface area contributed by atoms with Gasteiger partial charge < -0.3 is 9.67 Å². The van der Waals surface area contributed by atoms with Crippen molar-refractivity contribution in [3.8, 4) is 0 Å². The minimum Gasteiger partial charge on any atom is -0.478 e. The number of carbonyl (C=O) groups is 1. The van der Waals surface area contributed by atoms with Gasteiger partial charge in [0.2, 0.25) is 0 Å². The molecule has 0 aliphatic rings. The van der Waals surface area contributed by atoms with E-state index in [1.807, 2.05) is 22.8 Å². The topological polar surface area (TPSA) is 42.2 Å². The third-order valence-corrected chi connectivity index (χ3v) is 4.28. The summed E-state index contributed by atoms with van der Waals surface area (Å²) in [7, 11) is 0. The van der Waals surface area contributed by atoms with Crippen LogP contribution in [0.1, 0.15) is 15.9 Å². The monoisotopic (exact) mass is 347 g/mol. The number of carboxylic acids is 1. The van der Waals surface area contributed by atoms with Crippen molar-refractivity contribution in [2.45, 2.75) is 6.54 Å². The highest BCUT2D eigenvalue weighted by molar-refractivity contribution is 9.10. The Hall–Kier alpha value is -2.14. The molecule has 1 N–H and O–H groups in total. The van der Waals surface area contributed by atoms with Crippen molar-refractivity contribution < 1.29 is 14.3 Å². The molecule has 2 aromatic carbocycles. The maximum absolute atomic E-state index is 13.6. The molecule has 0 atom stereocenters. The summed E-state index contributed by atoms with van der Waals surface area (Å²) in [5.41, 5.74) is 1.82. The first-order valence-electron chi connectivity index (χ1n) is 6.32. The quantitative estimate of drug-likeness (QED) is 0.767. The van der Waals surface area contributed by atoms with E-state index in [1.54, 1.807) is 24.4 Å². The van der Waals surface area contributed by atoms with Crippen molar-refractivity contribution in [1.29, 1.82) is 0 Å². The van der Waals surface area contributed by atoms with E-state index >= 15 is 0 Å². The summed E-state index contributed by atoms with van der Waals surface area (Å²) in [5, 5.41) is 9.96. The summed E-state index contributed by atoms with van der Waals surface area (Å²) in [6.45, 7) is 0.395. The van der Waals surface area contributed by atoms with Crippen molar-refractivity contribution in [3.05, 3.63) is 70.1 Å². The van der Waals surface area contributed by atoms with Crippen molar-refractivity contribution in [2.75, 3.05) is 0 Å². The summed E-state index contributed by atoms with van der Waals surface area (Å²) >= 11 is 3.23. The van der Waals surface area contributed by atoms with Crippen molar-refractivity contribution in [2.24, 2.45) is 0 Å². The van der Waals surface area contributed by atoms with Crippen LogP contribution < -0.4 is 0 Å². The number of para-hydroxylation sites is 1. The Balaban J connectivity index is 2.13. The molecule has 0 saturated heterocycles. The number of hydrogen-bond donors (Lipinski definition) is 1. The summed E-state index contributed by atoms with van der Waals surface area (Å²) in [4.78, 5) is 11.3. The molecule has 0 aliphatic carbocycles. The molecule has 0 bridgehead atoms. The third-order valence-electron chi connectivity index (χ3n) is 3.39. The van der Waals surface area contributed by atoms with E-state index in [0.717, 1.165) is 11.1 Å². The van der Waals surface area contributed by atoms with Crippen LogP contribution in [0.2, 0.25) is 0 Å². The largest absolute Gasteiger partial charge is 0.478 e. The van der Waals surface area contributed by atoms with Crippen LogP contribution >= 0.6 is 15.9 Å². The molecule has 0 amide bonds. The molecule has 0 fully saturated rings. The highest BCUT2D eigenvalue weighted by Crippen LogP contribution is 2.26. The molecule has 3 aromatic rings. The number of aromatic nitrogens is 1. The number of hydrogen-bond acceptors (Lipinski definition) is 1. The lowest BCUT2D eigenvalue weighted by Gasteiger charge is -2.08. The number of rotatable bonds is 3. The predicted molar refractivity (Wildman–Crippen MR) is 82.1 cm³/mol. The molecular weight excluding hydrogens is 337 g/mol. The molecule has 0 radical (unpaired) electrons. The molecule has 0 saturated carbocycles. The van der Waals surface area contributed by atoms with Gasteiger partial charge in [-0.3, -0.25) is 0 Å².